The van der Waals surface area contributed by atoms with Crippen LogP contribution in [0.4, 0.5) is 11.4 Å². The minimum absolute atomic E-state index is 0.134. The van der Waals surface area contributed by atoms with Crippen molar-refractivity contribution in [2.75, 3.05) is 36.4 Å². The van der Waals surface area contributed by atoms with E-state index >= 15 is 0 Å². The summed E-state index contributed by atoms with van der Waals surface area (Å²) in [6.45, 7) is 7.06. The van der Waals surface area contributed by atoms with Crippen molar-refractivity contribution in [2.45, 2.75) is 19.9 Å². The van der Waals surface area contributed by atoms with Gasteiger partial charge in [0.05, 0.1) is 17.8 Å². The Morgan fingerprint density at radius 3 is 2.81 bits per heavy atom. The molecular weight excluding hydrogens is 360 g/mol. The molecule has 0 spiro atoms. The van der Waals surface area contributed by atoms with E-state index in [2.05, 4.69) is 59.3 Å². The fraction of sp³-hybridized carbons (Fsp3) is 0.333. The Hall–Kier alpha value is -2.55. The fourth-order valence-corrected chi connectivity index (χ4v) is 3.65. The molecule has 1 saturated heterocycles. The third-order valence-corrected chi connectivity index (χ3v) is 5.02. The van der Waals surface area contributed by atoms with Gasteiger partial charge in [-0.1, -0.05) is 23.7 Å². The summed E-state index contributed by atoms with van der Waals surface area (Å²) in [7, 11) is 0. The molecule has 1 heterocycles. The van der Waals surface area contributed by atoms with Gasteiger partial charge in [0, 0.05) is 36.4 Å². The highest BCUT2D eigenvalue weighted by molar-refractivity contribution is 6.31. The molecule has 0 aliphatic carbocycles. The van der Waals surface area contributed by atoms with E-state index < -0.39 is 0 Å². The van der Waals surface area contributed by atoms with Crippen molar-refractivity contribution in [3.8, 4) is 6.07 Å². The Balaban J connectivity index is 1.59. The largest absolute Gasteiger partial charge is 0.366 e. The van der Waals surface area contributed by atoms with Crippen molar-refractivity contribution in [1.82, 2.24) is 4.90 Å². The molecule has 27 heavy (non-hydrogen) atoms. The number of hydrogen-bond donors (Lipinski definition) is 1. The van der Waals surface area contributed by atoms with Crippen LogP contribution < -0.4 is 10.2 Å². The molecule has 6 heteroatoms. The van der Waals surface area contributed by atoms with Crippen LogP contribution in [0.25, 0.3) is 0 Å². The van der Waals surface area contributed by atoms with E-state index in [1.807, 2.05) is 0 Å². The number of carbonyl (C=O) groups excluding carboxylic acids is 1. The van der Waals surface area contributed by atoms with Gasteiger partial charge >= 0.3 is 0 Å². The van der Waals surface area contributed by atoms with Crippen LogP contribution >= 0.6 is 11.6 Å². The minimum Gasteiger partial charge on any atom is -0.366 e. The smallest absolute Gasteiger partial charge is 0.238 e. The second-order valence-corrected chi connectivity index (χ2v) is 7.40. The van der Waals surface area contributed by atoms with E-state index in [0.717, 1.165) is 19.6 Å². The molecule has 0 unspecified atom stereocenters. The molecule has 140 valence electrons. The van der Waals surface area contributed by atoms with Gasteiger partial charge in [-0.2, -0.15) is 5.26 Å². The zero-order chi connectivity index (χ0) is 19.4. The number of amides is 1. The number of carbonyl (C=O) groups is 1. The minimum atomic E-state index is -0.134. The number of hydrogen-bond acceptors (Lipinski definition) is 4. The number of rotatable bonds is 4. The number of nitrogens with zero attached hydrogens (tertiary/aromatic N) is 3. The average Bonchev–Trinajstić information content (AvgIpc) is 2.62. The number of halogens is 1. The number of nitriles is 1. The first kappa shape index (κ1) is 19.2. The van der Waals surface area contributed by atoms with Crippen LogP contribution in [0.3, 0.4) is 0 Å². The third kappa shape index (κ3) is 4.79. The molecule has 1 fully saturated rings. The standard InChI is InChI=1S/C21H23ClN4O/c1-15-4-3-5-19(10-15)26-9-8-25(13-16(26)2)14-21(27)24-20-11-18(22)7-6-17(20)12-23/h3-7,10-11,16H,8-9,13-14H2,1-2H3,(H,24,27)/t16-/m0/s1. The number of anilines is 2. The van der Waals surface area contributed by atoms with Crippen LogP contribution in [0, 0.1) is 18.3 Å². The normalized spacial score (nSPS) is 17.4. The van der Waals surface area contributed by atoms with Crippen LogP contribution in [0.15, 0.2) is 42.5 Å². The number of benzene rings is 2. The van der Waals surface area contributed by atoms with E-state index in [-0.39, 0.29) is 5.91 Å². The molecule has 0 radical (unpaired) electrons. The second-order valence-electron chi connectivity index (χ2n) is 6.97. The predicted molar refractivity (Wildman–Crippen MR) is 109 cm³/mol. The summed E-state index contributed by atoms with van der Waals surface area (Å²) in [5, 5.41) is 12.5. The van der Waals surface area contributed by atoms with Gasteiger partial charge < -0.3 is 10.2 Å². The topological polar surface area (TPSA) is 59.4 Å². The second kappa shape index (κ2) is 8.43. The maximum absolute atomic E-state index is 12.4. The van der Waals surface area contributed by atoms with Gasteiger partial charge in [-0.25, -0.2) is 0 Å². The summed E-state index contributed by atoms with van der Waals surface area (Å²) in [5.41, 5.74) is 3.34. The summed E-state index contributed by atoms with van der Waals surface area (Å²) in [4.78, 5) is 17.0. The van der Waals surface area contributed by atoms with Crippen molar-refractivity contribution >= 4 is 28.9 Å². The van der Waals surface area contributed by atoms with Crippen molar-refractivity contribution in [3.05, 3.63) is 58.6 Å². The van der Waals surface area contributed by atoms with E-state index in [9.17, 15) is 10.1 Å². The first-order chi connectivity index (χ1) is 13.0. The van der Waals surface area contributed by atoms with Crippen LogP contribution in [0.2, 0.25) is 5.02 Å². The highest BCUT2D eigenvalue weighted by Gasteiger charge is 2.25. The predicted octanol–water partition coefficient (Wildman–Crippen LogP) is 3.67. The number of piperazine rings is 1. The quantitative estimate of drug-likeness (QED) is 0.876. The van der Waals surface area contributed by atoms with Crippen molar-refractivity contribution in [1.29, 1.82) is 5.26 Å². The molecular formula is C21H23ClN4O. The molecule has 1 N–H and O–H groups in total. The lowest BCUT2D eigenvalue weighted by atomic mass is 10.1. The maximum Gasteiger partial charge on any atom is 0.238 e. The molecule has 1 aliphatic heterocycles. The first-order valence-electron chi connectivity index (χ1n) is 9.01. The zero-order valence-electron chi connectivity index (χ0n) is 15.6. The Kier molecular flexibility index (Phi) is 6.00. The van der Waals surface area contributed by atoms with Crippen molar-refractivity contribution < 1.29 is 4.79 Å². The highest BCUT2D eigenvalue weighted by Crippen LogP contribution is 2.22. The maximum atomic E-state index is 12.4. The van der Waals surface area contributed by atoms with Gasteiger partial charge in [0.1, 0.15) is 6.07 Å². The van der Waals surface area contributed by atoms with Crippen molar-refractivity contribution in [3.63, 3.8) is 0 Å². The Labute approximate surface area is 165 Å². The molecule has 1 aliphatic rings. The van der Waals surface area contributed by atoms with Crippen LogP contribution in [-0.2, 0) is 4.79 Å². The monoisotopic (exact) mass is 382 g/mol. The Morgan fingerprint density at radius 2 is 2.11 bits per heavy atom. The van der Waals surface area contributed by atoms with Crippen LogP contribution in [0.1, 0.15) is 18.1 Å². The van der Waals surface area contributed by atoms with E-state index in [0.29, 0.717) is 28.9 Å². The van der Waals surface area contributed by atoms with Gasteiger partial charge in [0.15, 0.2) is 0 Å². The van der Waals surface area contributed by atoms with Crippen LogP contribution in [0.5, 0.6) is 0 Å². The Morgan fingerprint density at radius 1 is 1.30 bits per heavy atom. The zero-order valence-corrected chi connectivity index (χ0v) is 16.3. The van der Waals surface area contributed by atoms with Gasteiger partial charge in [-0.05, 0) is 49.7 Å². The first-order valence-corrected chi connectivity index (χ1v) is 9.39. The fourth-order valence-electron chi connectivity index (χ4n) is 3.48. The average molecular weight is 383 g/mol. The molecule has 1 atom stereocenters. The summed E-state index contributed by atoms with van der Waals surface area (Å²) >= 11 is 5.98. The van der Waals surface area contributed by atoms with Gasteiger partial charge in [-0.15, -0.1) is 0 Å². The molecule has 0 saturated carbocycles. The molecule has 3 rings (SSSR count). The molecule has 5 nitrogen and oxygen atoms in total. The van der Waals surface area contributed by atoms with Crippen LogP contribution in [-0.4, -0.2) is 43.0 Å². The molecule has 2 aromatic rings. The Bertz CT molecular complexity index is 877. The van der Waals surface area contributed by atoms with Gasteiger partial charge in [0.25, 0.3) is 0 Å². The molecule has 0 bridgehead atoms. The van der Waals surface area contributed by atoms with Gasteiger partial charge in [-0.3, -0.25) is 9.69 Å². The number of nitrogens with one attached hydrogen (secondary N) is 1. The summed E-state index contributed by atoms with van der Waals surface area (Å²) < 4.78 is 0. The van der Waals surface area contributed by atoms with Gasteiger partial charge in [0.2, 0.25) is 5.91 Å². The molecule has 0 aromatic heterocycles. The lowest BCUT2D eigenvalue weighted by molar-refractivity contribution is -0.117. The number of aryl methyl sites for hydroxylation is 1. The van der Waals surface area contributed by atoms with E-state index in [4.69, 9.17) is 11.6 Å². The SMILES string of the molecule is Cc1cccc(N2CCN(CC(=O)Nc3cc(Cl)ccc3C#N)C[C@@H]2C)c1. The van der Waals surface area contributed by atoms with Crippen molar-refractivity contribution in [2.24, 2.45) is 0 Å². The summed E-state index contributed by atoms with van der Waals surface area (Å²) in [6, 6.07) is 15.8. The third-order valence-electron chi connectivity index (χ3n) is 4.79. The molecule has 2 aromatic carbocycles. The van der Waals surface area contributed by atoms with E-state index in [1.54, 1.807) is 18.2 Å². The highest BCUT2D eigenvalue weighted by atomic mass is 35.5. The lowest BCUT2D eigenvalue weighted by Gasteiger charge is -2.41. The molecule has 1 amide bonds. The summed E-state index contributed by atoms with van der Waals surface area (Å²) in [5.74, 6) is -0.134. The van der Waals surface area contributed by atoms with E-state index in [1.165, 1.54) is 11.3 Å². The summed E-state index contributed by atoms with van der Waals surface area (Å²) in [6.07, 6.45) is 0. The lowest BCUT2D eigenvalue weighted by Crippen LogP contribution is -2.53.